The van der Waals surface area contributed by atoms with E-state index in [1.807, 2.05) is 36.4 Å². The minimum Gasteiger partial charge on any atom is -0.493 e. The number of hydrogen-bond acceptors (Lipinski definition) is 5. The normalized spacial score (nSPS) is 12.0. The van der Waals surface area contributed by atoms with Crippen molar-refractivity contribution in [1.29, 1.82) is 0 Å². The smallest absolute Gasteiger partial charge is 0.175 e. The van der Waals surface area contributed by atoms with E-state index in [0.29, 0.717) is 36.2 Å². The van der Waals surface area contributed by atoms with Crippen LogP contribution in [0.15, 0.2) is 40.9 Å². The molecule has 0 fully saturated rings. The highest BCUT2D eigenvalue weighted by Gasteiger charge is 2.12. The van der Waals surface area contributed by atoms with E-state index in [9.17, 15) is 5.11 Å². The summed E-state index contributed by atoms with van der Waals surface area (Å²) in [5.74, 6) is 1.36. The summed E-state index contributed by atoms with van der Waals surface area (Å²) in [6, 6.07) is 11.6. The number of benzene rings is 2. The van der Waals surface area contributed by atoms with Crippen LogP contribution in [0.1, 0.15) is 18.1 Å². The number of methoxy groups -OCH3 is 1. The predicted molar refractivity (Wildman–Crippen MR) is 113 cm³/mol. The summed E-state index contributed by atoms with van der Waals surface area (Å²) < 4.78 is 12.3. The monoisotopic (exact) mass is 456 g/mol. The third-order valence-corrected chi connectivity index (χ3v) is 4.67. The highest BCUT2D eigenvalue weighted by Crippen LogP contribution is 2.37. The lowest BCUT2D eigenvalue weighted by Gasteiger charge is -2.15. The number of ether oxygens (including phenoxy) is 2. The Bertz CT molecular complexity index is 711. The highest BCUT2D eigenvalue weighted by molar-refractivity contribution is 9.10. The van der Waals surface area contributed by atoms with Crippen molar-refractivity contribution in [2.24, 2.45) is 0 Å². The van der Waals surface area contributed by atoms with Gasteiger partial charge in [0.1, 0.15) is 6.61 Å². The van der Waals surface area contributed by atoms with Gasteiger partial charge in [-0.1, -0.05) is 23.7 Å². The summed E-state index contributed by atoms with van der Waals surface area (Å²) in [5.41, 5.74) is 2.12. The number of rotatable bonds is 11. The average Bonchev–Trinajstić information content (AvgIpc) is 2.64. The molecule has 3 N–H and O–H groups in total. The Morgan fingerprint density at radius 2 is 1.81 bits per heavy atom. The molecule has 7 heteroatoms. The Kier molecular flexibility index (Phi) is 9.38. The molecule has 0 unspecified atom stereocenters. The SMILES string of the molecule is COc1cc(CNCCNC[C@@H](C)O)cc(Br)c1OCc1ccc(Cl)cc1. The summed E-state index contributed by atoms with van der Waals surface area (Å²) in [6.07, 6.45) is -0.328. The zero-order valence-electron chi connectivity index (χ0n) is 15.6. The van der Waals surface area contributed by atoms with Crippen LogP contribution in [0.2, 0.25) is 5.02 Å². The number of aliphatic hydroxyl groups is 1. The first-order valence-corrected chi connectivity index (χ1v) is 10.00. The van der Waals surface area contributed by atoms with Gasteiger partial charge in [0, 0.05) is 31.2 Å². The fraction of sp³-hybridized carbons (Fsp3) is 0.400. The Balaban J connectivity index is 1.90. The standard InChI is InChI=1S/C20H26BrClN2O3/c1-14(25)11-23-7-8-24-12-16-9-18(21)20(19(10-16)26-2)27-13-15-3-5-17(22)6-4-15/h3-6,9-10,14,23-25H,7-8,11-13H2,1-2H3/t14-/m1/s1. The second-order valence-electron chi connectivity index (χ2n) is 6.25. The largest absolute Gasteiger partial charge is 0.493 e. The first kappa shape index (κ1) is 22.0. The summed E-state index contributed by atoms with van der Waals surface area (Å²) in [4.78, 5) is 0. The number of nitrogens with one attached hydrogen (secondary N) is 2. The molecule has 2 aromatic rings. The predicted octanol–water partition coefficient (Wildman–Crippen LogP) is 3.75. The maximum atomic E-state index is 9.21. The van der Waals surface area contributed by atoms with Gasteiger partial charge in [-0.2, -0.15) is 0 Å². The van der Waals surface area contributed by atoms with Crippen molar-refractivity contribution in [3.05, 3.63) is 57.0 Å². The van der Waals surface area contributed by atoms with Gasteiger partial charge in [0.25, 0.3) is 0 Å². The van der Waals surface area contributed by atoms with Crippen molar-refractivity contribution in [2.75, 3.05) is 26.7 Å². The number of halogens is 2. The van der Waals surface area contributed by atoms with Gasteiger partial charge in [-0.25, -0.2) is 0 Å². The van der Waals surface area contributed by atoms with Crippen molar-refractivity contribution >= 4 is 27.5 Å². The first-order chi connectivity index (χ1) is 13.0. The summed E-state index contributed by atoms with van der Waals surface area (Å²) in [6.45, 7) is 5.11. The maximum absolute atomic E-state index is 9.21. The van der Waals surface area contributed by atoms with Crippen molar-refractivity contribution in [1.82, 2.24) is 10.6 Å². The van der Waals surface area contributed by atoms with E-state index in [4.69, 9.17) is 21.1 Å². The van der Waals surface area contributed by atoms with Crippen LogP contribution in [-0.4, -0.2) is 38.0 Å². The first-order valence-electron chi connectivity index (χ1n) is 8.82. The zero-order chi connectivity index (χ0) is 19.6. The van der Waals surface area contributed by atoms with Crippen LogP contribution in [0.25, 0.3) is 0 Å². The topological polar surface area (TPSA) is 62.8 Å². The van der Waals surface area contributed by atoms with Crippen LogP contribution in [0.3, 0.4) is 0 Å². The van der Waals surface area contributed by atoms with Gasteiger partial charge in [-0.15, -0.1) is 0 Å². The fourth-order valence-electron chi connectivity index (χ4n) is 2.47. The van der Waals surface area contributed by atoms with Crippen LogP contribution in [0.5, 0.6) is 11.5 Å². The van der Waals surface area contributed by atoms with Gasteiger partial charge >= 0.3 is 0 Å². The Morgan fingerprint density at radius 1 is 1.11 bits per heavy atom. The molecule has 0 spiro atoms. The van der Waals surface area contributed by atoms with Gasteiger partial charge in [-0.3, -0.25) is 0 Å². The van der Waals surface area contributed by atoms with Crippen molar-refractivity contribution in [3.8, 4) is 11.5 Å². The van der Waals surface area contributed by atoms with Gasteiger partial charge in [0.05, 0.1) is 17.7 Å². The molecule has 0 aliphatic carbocycles. The third kappa shape index (κ3) is 7.68. The lowest BCUT2D eigenvalue weighted by atomic mass is 10.2. The molecule has 2 aromatic carbocycles. The van der Waals surface area contributed by atoms with Crippen molar-refractivity contribution in [2.45, 2.75) is 26.2 Å². The molecule has 0 aliphatic heterocycles. The molecule has 1 atom stereocenters. The van der Waals surface area contributed by atoms with Crippen LogP contribution >= 0.6 is 27.5 Å². The molecule has 0 amide bonds. The van der Waals surface area contributed by atoms with Crippen LogP contribution in [-0.2, 0) is 13.2 Å². The van der Waals surface area contributed by atoms with E-state index < -0.39 is 0 Å². The molecule has 2 rings (SSSR count). The van der Waals surface area contributed by atoms with Gasteiger partial charge in [0.2, 0.25) is 0 Å². The molecule has 0 aromatic heterocycles. The average molecular weight is 458 g/mol. The summed E-state index contributed by atoms with van der Waals surface area (Å²) >= 11 is 9.49. The molecule has 0 aliphatic rings. The Morgan fingerprint density at radius 3 is 2.48 bits per heavy atom. The highest BCUT2D eigenvalue weighted by atomic mass is 79.9. The molecular weight excluding hydrogens is 432 g/mol. The van der Waals surface area contributed by atoms with Crippen LogP contribution in [0.4, 0.5) is 0 Å². The summed E-state index contributed by atoms with van der Waals surface area (Å²) in [7, 11) is 1.63. The Labute approximate surface area is 174 Å². The van der Waals surface area contributed by atoms with E-state index in [2.05, 4.69) is 26.6 Å². The molecule has 0 heterocycles. The third-order valence-electron chi connectivity index (χ3n) is 3.83. The van der Waals surface area contributed by atoms with E-state index in [-0.39, 0.29) is 6.10 Å². The van der Waals surface area contributed by atoms with Crippen LogP contribution < -0.4 is 20.1 Å². The van der Waals surface area contributed by atoms with Gasteiger partial charge in [-0.05, 0) is 58.2 Å². The van der Waals surface area contributed by atoms with Crippen molar-refractivity contribution < 1.29 is 14.6 Å². The van der Waals surface area contributed by atoms with E-state index >= 15 is 0 Å². The second kappa shape index (κ2) is 11.5. The quantitative estimate of drug-likeness (QED) is 0.449. The molecule has 5 nitrogen and oxygen atoms in total. The number of hydrogen-bond donors (Lipinski definition) is 3. The molecule has 0 saturated heterocycles. The molecule has 0 bridgehead atoms. The minimum atomic E-state index is -0.328. The molecule has 27 heavy (non-hydrogen) atoms. The van der Waals surface area contributed by atoms with E-state index in [1.54, 1.807) is 14.0 Å². The lowest BCUT2D eigenvalue weighted by molar-refractivity contribution is 0.191. The van der Waals surface area contributed by atoms with E-state index in [0.717, 1.165) is 28.7 Å². The lowest BCUT2D eigenvalue weighted by Crippen LogP contribution is -2.31. The fourth-order valence-corrected chi connectivity index (χ4v) is 3.20. The van der Waals surface area contributed by atoms with Crippen LogP contribution in [0, 0.1) is 0 Å². The molecule has 0 saturated carbocycles. The molecule has 0 radical (unpaired) electrons. The second-order valence-corrected chi connectivity index (χ2v) is 7.54. The molecular formula is C20H26BrClN2O3. The van der Waals surface area contributed by atoms with Gasteiger partial charge < -0.3 is 25.2 Å². The maximum Gasteiger partial charge on any atom is 0.175 e. The molecule has 148 valence electrons. The van der Waals surface area contributed by atoms with E-state index in [1.165, 1.54) is 0 Å². The zero-order valence-corrected chi connectivity index (χ0v) is 17.9. The number of aliphatic hydroxyl groups excluding tert-OH is 1. The van der Waals surface area contributed by atoms with Gasteiger partial charge in [0.15, 0.2) is 11.5 Å². The Hall–Kier alpha value is -1.31. The van der Waals surface area contributed by atoms with Crippen molar-refractivity contribution in [3.63, 3.8) is 0 Å². The minimum absolute atomic E-state index is 0.328. The summed E-state index contributed by atoms with van der Waals surface area (Å²) in [5, 5.41) is 16.5.